The number of amides is 1. The van der Waals surface area contributed by atoms with Crippen LogP contribution in [0.5, 0.6) is 11.5 Å². The van der Waals surface area contributed by atoms with E-state index in [-0.39, 0.29) is 23.2 Å². The van der Waals surface area contributed by atoms with E-state index in [0.29, 0.717) is 18.8 Å². The largest absolute Gasteiger partial charge is 0.503 e. The van der Waals surface area contributed by atoms with E-state index >= 15 is 0 Å². The van der Waals surface area contributed by atoms with Crippen LogP contribution < -0.4 is 10.5 Å². The van der Waals surface area contributed by atoms with Gasteiger partial charge in [-0.05, 0) is 24.2 Å². The number of rotatable bonds is 6. The van der Waals surface area contributed by atoms with E-state index in [0.717, 1.165) is 5.56 Å². The Labute approximate surface area is 111 Å². The third kappa shape index (κ3) is 3.78. The monoisotopic (exact) mass is 272 g/mol. The lowest BCUT2D eigenvalue weighted by atomic mass is 10.2. The molecule has 0 radical (unpaired) electrons. The molecule has 0 aliphatic heterocycles. The van der Waals surface area contributed by atoms with E-state index in [1.165, 1.54) is 7.11 Å². The van der Waals surface area contributed by atoms with Crippen molar-refractivity contribution in [3.63, 3.8) is 0 Å². The second-order valence-corrected chi connectivity index (χ2v) is 4.31. The molecule has 0 heterocycles. The van der Waals surface area contributed by atoms with E-state index < -0.39 is 0 Å². The predicted molar refractivity (Wildman–Crippen MR) is 69.8 cm³/mol. The highest BCUT2D eigenvalue weighted by molar-refractivity contribution is 6.32. The van der Waals surface area contributed by atoms with Crippen LogP contribution in [0.4, 0.5) is 0 Å². The second-order valence-electron chi connectivity index (χ2n) is 3.90. The average molecular weight is 273 g/mol. The van der Waals surface area contributed by atoms with E-state index in [2.05, 4.69) is 0 Å². The fraction of sp³-hybridized carbons (Fsp3) is 0.417. The van der Waals surface area contributed by atoms with Crippen molar-refractivity contribution in [3.05, 3.63) is 22.7 Å². The number of phenols is 1. The minimum Gasteiger partial charge on any atom is -0.503 e. The van der Waals surface area contributed by atoms with Gasteiger partial charge in [0.15, 0.2) is 11.5 Å². The van der Waals surface area contributed by atoms with Gasteiger partial charge in [0.05, 0.1) is 18.7 Å². The van der Waals surface area contributed by atoms with Gasteiger partial charge in [-0.2, -0.15) is 0 Å². The molecule has 1 amide bonds. The molecule has 0 bridgehead atoms. The number of benzene rings is 1. The Balaban J connectivity index is 2.89. The SMILES string of the molecule is CCN(CC(N)=O)Cc1cc(Cl)c(O)c(OC)c1. The van der Waals surface area contributed by atoms with Gasteiger partial charge in [0.25, 0.3) is 0 Å². The predicted octanol–water partition coefficient (Wildman–Crippen LogP) is 1.36. The lowest BCUT2D eigenvalue weighted by Gasteiger charge is -2.19. The molecule has 0 aliphatic rings. The highest BCUT2D eigenvalue weighted by Gasteiger charge is 2.12. The fourth-order valence-electron chi connectivity index (χ4n) is 1.63. The van der Waals surface area contributed by atoms with Gasteiger partial charge in [0.2, 0.25) is 5.91 Å². The summed E-state index contributed by atoms with van der Waals surface area (Å²) in [6.07, 6.45) is 0. The molecule has 0 spiro atoms. The van der Waals surface area contributed by atoms with Crippen LogP contribution >= 0.6 is 11.6 Å². The molecule has 0 aromatic heterocycles. The van der Waals surface area contributed by atoms with E-state index in [1.807, 2.05) is 11.8 Å². The lowest BCUT2D eigenvalue weighted by molar-refractivity contribution is -0.119. The van der Waals surface area contributed by atoms with E-state index in [1.54, 1.807) is 12.1 Å². The summed E-state index contributed by atoms with van der Waals surface area (Å²) in [6.45, 7) is 3.30. The van der Waals surface area contributed by atoms with E-state index in [4.69, 9.17) is 22.1 Å². The van der Waals surface area contributed by atoms with Crippen molar-refractivity contribution < 1.29 is 14.6 Å². The van der Waals surface area contributed by atoms with Gasteiger partial charge in [0.1, 0.15) is 0 Å². The molecule has 1 aromatic rings. The van der Waals surface area contributed by atoms with Gasteiger partial charge >= 0.3 is 0 Å². The number of halogens is 1. The molecule has 6 heteroatoms. The molecule has 0 saturated heterocycles. The van der Waals surface area contributed by atoms with E-state index in [9.17, 15) is 9.90 Å². The Morgan fingerprint density at radius 1 is 1.56 bits per heavy atom. The number of aromatic hydroxyl groups is 1. The third-order valence-electron chi connectivity index (χ3n) is 2.54. The van der Waals surface area contributed by atoms with Gasteiger partial charge in [-0.1, -0.05) is 18.5 Å². The summed E-state index contributed by atoms with van der Waals surface area (Å²) >= 11 is 5.89. The highest BCUT2D eigenvalue weighted by Crippen LogP contribution is 2.35. The first-order valence-corrected chi connectivity index (χ1v) is 5.91. The van der Waals surface area contributed by atoms with Crippen LogP contribution in [0.1, 0.15) is 12.5 Å². The first-order valence-electron chi connectivity index (χ1n) is 5.54. The number of nitrogens with two attached hydrogens (primary N) is 1. The Morgan fingerprint density at radius 3 is 2.72 bits per heavy atom. The molecule has 1 aromatic carbocycles. The quantitative estimate of drug-likeness (QED) is 0.820. The number of carbonyl (C=O) groups excluding carboxylic acids is 1. The van der Waals surface area contributed by atoms with Crippen LogP contribution in [0.3, 0.4) is 0 Å². The topological polar surface area (TPSA) is 75.8 Å². The summed E-state index contributed by atoms with van der Waals surface area (Å²) in [4.78, 5) is 12.8. The molecular formula is C12H17ClN2O3. The van der Waals surface area contributed by atoms with Crippen LogP contribution in [-0.4, -0.2) is 36.1 Å². The molecular weight excluding hydrogens is 256 g/mol. The fourth-order valence-corrected chi connectivity index (χ4v) is 1.87. The normalized spacial score (nSPS) is 10.7. The summed E-state index contributed by atoms with van der Waals surface area (Å²) in [7, 11) is 1.45. The number of primary amides is 1. The number of hydrogen-bond donors (Lipinski definition) is 2. The molecule has 0 fully saturated rings. The summed E-state index contributed by atoms with van der Waals surface area (Å²) in [5.41, 5.74) is 6.01. The van der Waals surface area contributed by atoms with Crippen molar-refractivity contribution in [1.82, 2.24) is 4.90 Å². The molecule has 0 aliphatic carbocycles. The Kier molecular flexibility index (Phi) is 5.25. The molecule has 1 rings (SSSR count). The van der Waals surface area contributed by atoms with Crippen LogP contribution in [-0.2, 0) is 11.3 Å². The number of hydrogen-bond acceptors (Lipinski definition) is 4. The van der Waals surface area contributed by atoms with Crippen molar-refractivity contribution >= 4 is 17.5 Å². The number of likely N-dealkylation sites (N-methyl/N-ethyl adjacent to an activating group) is 1. The van der Waals surface area contributed by atoms with Crippen LogP contribution in [0.15, 0.2) is 12.1 Å². The van der Waals surface area contributed by atoms with Crippen LogP contribution in [0, 0.1) is 0 Å². The number of carbonyl (C=O) groups is 1. The summed E-state index contributed by atoms with van der Waals surface area (Å²) in [5, 5.41) is 9.84. The van der Waals surface area contributed by atoms with Crippen molar-refractivity contribution in [3.8, 4) is 11.5 Å². The summed E-state index contributed by atoms with van der Waals surface area (Å²) in [5.74, 6) is -0.151. The maximum Gasteiger partial charge on any atom is 0.231 e. The first kappa shape index (κ1) is 14.6. The molecule has 100 valence electrons. The second kappa shape index (κ2) is 6.47. The van der Waals surface area contributed by atoms with Crippen molar-refractivity contribution in [2.45, 2.75) is 13.5 Å². The summed E-state index contributed by atoms with van der Waals surface area (Å²) in [6, 6.07) is 3.33. The van der Waals surface area contributed by atoms with Crippen molar-refractivity contribution in [1.29, 1.82) is 0 Å². The number of nitrogens with zero attached hydrogens (tertiary/aromatic N) is 1. The minimum absolute atomic E-state index is 0.0825. The van der Waals surface area contributed by atoms with Crippen LogP contribution in [0.25, 0.3) is 0 Å². The van der Waals surface area contributed by atoms with Gasteiger partial charge in [-0.25, -0.2) is 0 Å². The maximum absolute atomic E-state index is 10.9. The Bertz CT molecular complexity index is 438. The Morgan fingerprint density at radius 2 is 2.22 bits per heavy atom. The zero-order valence-electron chi connectivity index (χ0n) is 10.4. The van der Waals surface area contributed by atoms with Gasteiger partial charge in [-0.3, -0.25) is 9.69 Å². The number of methoxy groups -OCH3 is 1. The van der Waals surface area contributed by atoms with Crippen molar-refractivity contribution in [2.24, 2.45) is 5.73 Å². The van der Waals surface area contributed by atoms with Gasteiger partial charge in [-0.15, -0.1) is 0 Å². The lowest BCUT2D eigenvalue weighted by Crippen LogP contribution is -2.33. The number of ether oxygens (including phenoxy) is 1. The average Bonchev–Trinajstić information content (AvgIpc) is 2.32. The van der Waals surface area contributed by atoms with Crippen molar-refractivity contribution in [2.75, 3.05) is 20.2 Å². The summed E-state index contributed by atoms with van der Waals surface area (Å²) < 4.78 is 5.02. The van der Waals surface area contributed by atoms with Crippen LogP contribution in [0.2, 0.25) is 5.02 Å². The van der Waals surface area contributed by atoms with Gasteiger partial charge in [0, 0.05) is 6.54 Å². The maximum atomic E-state index is 10.9. The minimum atomic E-state index is -0.381. The zero-order chi connectivity index (χ0) is 13.7. The highest BCUT2D eigenvalue weighted by atomic mass is 35.5. The molecule has 0 atom stereocenters. The first-order chi connectivity index (χ1) is 8.47. The third-order valence-corrected chi connectivity index (χ3v) is 2.83. The molecule has 3 N–H and O–H groups in total. The van der Waals surface area contributed by atoms with Gasteiger partial charge < -0.3 is 15.6 Å². The standard InChI is InChI=1S/C12H17ClN2O3/c1-3-15(7-11(14)16)6-8-4-9(13)12(17)10(5-8)18-2/h4-5,17H,3,6-7H2,1-2H3,(H2,14,16). The Hall–Kier alpha value is -1.46. The molecule has 5 nitrogen and oxygen atoms in total. The zero-order valence-corrected chi connectivity index (χ0v) is 11.2. The number of phenolic OH excluding ortho intramolecular Hbond substituents is 1. The molecule has 0 saturated carbocycles. The molecule has 0 unspecified atom stereocenters. The smallest absolute Gasteiger partial charge is 0.231 e. The molecule has 18 heavy (non-hydrogen) atoms.